The van der Waals surface area contributed by atoms with Gasteiger partial charge in [-0.1, -0.05) is 12.8 Å². The summed E-state index contributed by atoms with van der Waals surface area (Å²) < 4.78 is 0. The minimum Gasteiger partial charge on any atom is -0.465 e. The predicted molar refractivity (Wildman–Crippen MR) is 44.0 cm³/mol. The number of aliphatic hydroxyl groups excluding tert-OH is 1. The fourth-order valence-corrected chi connectivity index (χ4v) is 1.64. The van der Waals surface area contributed by atoms with Gasteiger partial charge < -0.3 is 15.5 Å². The van der Waals surface area contributed by atoms with Crippen LogP contribution >= 0.6 is 0 Å². The van der Waals surface area contributed by atoms with E-state index < -0.39 is 6.09 Å². The zero-order valence-electron chi connectivity index (χ0n) is 6.99. The van der Waals surface area contributed by atoms with Gasteiger partial charge in [0.1, 0.15) is 0 Å². The number of amides is 1. The fraction of sp³-hybridized carbons (Fsp3) is 0.875. The second kappa shape index (κ2) is 4.30. The summed E-state index contributed by atoms with van der Waals surface area (Å²) >= 11 is 0. The molecule has 0 saturated heterocycles. The third kappa shape index (κ3) is 3.09. The number of carboxylic acid groups (broad SMARTS) is 1. The molecular weight excluding hydrogens is 158 g/mol. The molecule has 4 heteroatoms. The molecule has 0 radical (unpaired) electrons. The Morgan fingerprint density at radius 2 is 2.00 bits per heavy atom. The van der Waals surface area contributed by atoms with Crippen LogP contribution in [0.2, 0.25) is 0 Å². The van der Waals surface area contributed by atoms with Crippen LogP contribution in [0.4, 0.5) is 4.79 Å². The molecule has 1 amide bonds. The highest BCUT2D eigenvalue weighted by molar-refractivity contribution is 5.64. The molecule has 2 atom stereocenters. The summed E-state index contributed by atoms with van der Waals surface area (Å²) in [6, 6.07) is -0.0556. The van der Waals surface area contributed by atoms with Gasteiger partial charge in [0.2, 0.25) is 0 Å². The molecule has 0 bridgehead atoms. The SMILES string of the molecule is O=C(O)N[C@@H]1CCCC[C@@H](O)C1. The van der Waals surface area contributed by atoms with Gasteiger partial charge in [0.15, 0.2) is 0 Å². The van der Waals surface area contributed by atoms with E-state index in [1.54, 1.807) is 0 Å². The molecular formula is C8H15NO3. The maximum Gasteiger partial charge on any atom is 0.404 e. The topological polar surface area (TPSA) is 69.6 Å². The van der Waals surface area contributed by atoms with Crippen LogP contribution in [-0.4, -0.2) is 28.5 Å². The molecule has 0 aliphatic heterocycles. The third-order valence-corrected chi connectivity index (χ3v) is 2.22. The van der Waals surface area contributed by atoms with Crippen molar-refractivity contribution in [1.29, 1.82) is 0 Å². The summed E-state index contributed by atoms with van der Waals surface area (Å²) in [5.74, 6) is 0. The first-order valence-corrected chi connectivity index (χ1v) is 4.36. The molecule has 0 spiro atoms. The number of nitrogens with one attached hydrogen (secondary N) is 1. The highest BCUT2D eigenvalue weighted by atomic mass is 16.4. The Balaban J connectivity index is 2.35. The number of rotatable bonds is 1. The summed E-state index contributed by atoms with van der Waals surface area (Å²) in [5, 5.41) is 20.2. The van der Waals surface area contributed by atoms with Crippen LogP contribution in [0.15, 0.2) is 0 Å². The summed E-state index contributed by atoms with van der Waals surface area (Å²) in [6.45, 7) is 0. The van der Waals surface area contributed by atoms with E-state index in [2.05, 4.69) is 5.32 Å². The second-order valence-corrected chi connectivity index (χ2v) is 3.32. The van der Waals surface area contributed by atoms with Gasteiger partial charge in [-0.15, -0.1) is 0 Å². The van der Waals surface area contributed by atoms with Gasteiger partial charge in [0, 0.05) is 6.04 Å². The normalized spacial score (nSPS) is 30.8. The Morgan fingerprint density at radius 1 is 1.33 bits per heavy atom. The number of carbonyl (C=O) groups is 1. The van der Waals surface area contributed by atoms with Crippen molar-refractivity contribution < 1.29 is 15.0 Å². The maximum atomic E-state index is 10.3. The van der Waals surface area contributed by atoms with Crippen LogP contribution in [0.1, 0.15) is 32.1 Å². The molecule has 0 heterocycles. The summed E-state index contributed by atoms with van der Waals surface area (Å²) in [7, 11) is 0. The van der Waals surface area contributed by atoms with Gasteiger partial charge in [0.25, 0.3) is 0 Å². The molecule has 0 unspecified atom stereocenters. The largest absolute Gasteiger partial charge is 0.465 e. The molecule has 1 rings (SSSR count). The van der Waals surface area contributed by atoms with Crippen LogP contribution in [0.3, 0.4) is 0 Å². The minimum absolute atomic E-state index is 0.0556. The van der Waals surface area contributed by atoms with Gasteiger partial charge in [-0.3, -0.25) is 0 Å². The highest BCUT2D eigenvalue weighted by Crippen LogP contribution is 2.17. The number of aliphatic hydroxyl groups is 1. The lowest BCUT2D eigenvalue weighted by atomic mass is 10.1. The highest BCUT2D eigenvalue weighted by Gasteiger charge is 2.19. The Hall–Kier alpha value is -0.770. The zero-order chi connectivity index (χ0) is 8.97. The van der Waals surface area contributed by atoms with E-state index >= 15 is 0 Å². The first-order valence-electron chi connectivity index (χ1n) is 4.36. The first-order chi connectivity index (χ1) is 5.68. The predicted octanol–water partition coefficient (Wildman–Crippen LogP) is 0.948. The minimum atomic E-state index is -0.992. The lowest BCUT2D eigenvalue weighted by molar-refractivity contribution is 0.143. The van der Waals surface area contributed by atoms with E-state index in [0.717, 1.165) is 25.7 Å². The Bertz CT molecular complexity index is 160. The van der Waals surface area contributed by atoms with Crippen LogP contribution in [0, 0.1) is 0 Å². The van der Waals surface area contributed by atoms with Crippen molar-refractivity contribution in [3.63, 3.8) is 0 Å². The summed E-state index contributed by atoms with van der Waals surface area (Å²) in [4.78, 5) is 10.3. The zero-order valence-corrected chi connectivity index (χ0v) is 6.99. The molecule has 0 aromatic heterocycles. The van der Waals surface area contributed by atoms with Gasteiger partial charge in [-0.25, -0.2) is 4.79 Å². The van der Waals surface area contributed by atoms with Gasteiger partial charge in [-0.05, 0) is 19.3 Å². The van der Waals surface area contributed by atoms with Crippen molar-refractivity contribution in [3.8, 4) is 0 Å². The molecule has 1 aliphatic carbocycles. The Morgan fingerprint density at radius 3 is 2.67 bits per heavy atom. The third-order valence-electron chi connectivity index (χ3n) is 2.22. The van der Waals surface area contributed by atoms with Crippen molar-refractivity contribution >= 4 is 6.09 Å². The van der Waals surface area contributed by atoms with Crippen LogP contribution < -0.4 is 5.32 Å². The maximum absolute atomic E-state index is 10.3. The van der Waals surface area contributed by atoms with E-state index in [1.807, 2.05) is 0 Å². The summed E-state index contributed by atoms with van der Waals surface area (Å²) in [6.07, 6.45) is 2.90. The van der Waals surface area contributed by atoms with Gasteiger partial charge in [-0.2, -0.15) is 0 Å². The molecule has 12 heavy (non-hydrogen) atoms. The quantitative estimate of drug-likeness (QED) is 0.517. The lowest BCUT2D eigenvalue weighted by Crippen LogP contribution is -2.35. The molecule has 3 N–H and O–H groups in total. The average Bonchev–Trinajstić information content (AvgIpc) is 2.12. The van der Waals surface area contributed by atoms with E-state index in [0.29, 0.717) is 6.42 Å². The fourth-order valence-electron chi connectivity index (χ4n) is 1.64. The number of hydrogen-bond donors (Lipinski definition) is 3. The molecule has 0 aromatic rings. The first kappa shape index (κ1) is 9.32. The van der Waals surface area contributed by atoms with E-state index in [9.17, 15) is 9.90 Å². The molecule has 1 fully saturated rings. The van der Waals surface area contributed by atoms with Gasteiger partial charge >= 0.3 is 6.09 Å². The molecule has 4 nitrogen and oxygen atoms in total. The average molecular weight is 173 g/mol. The van der Waals surface area contributed by atoms with Crippen molar-refractivity contribution in [2.75, 3.05) is 0 Å². The number of hydrogen-bond acceptors (Lipinski definition) is 2. The van der Waals surface area contributed by atoms with E-state index in [-0.39, 0.29) is 12.1 Å². The monoisotopic (exact) mass is 173 g/mol. The van der Waals surface area contributed by atoms with Crippen molar-refractivity contribution in [2.45, 2.75) is 44.2 Å². The van der Waals surface area contributed by atoms with Gasteiger partial charge in [0.05, 0.1) is 6.10 Å². The second-order valence-electron chi connectivity index (χ2n) is 3.32. The smallest absolute Gasteiger partial charge is 0.404 e. The van der Waals surface area contributed by atoms with E-state index in [1.165, 1.54) is 0 Å². The van der Waals surface area contributed by atoms with E-state index in [4.69, 9.17) is 5.11 Å². The standard InChI is InChI=1S/C8H15NO3/c10-7-4-2-1-3-6(5-7)9-8(11)12/h6-7,9-10H,1-5H2,(H,11,12)/t6-,7-/m1/s1. The Labute approximate surface area is 71.6 Å². The van der Waals surface area contributed by atoms with Crippen LogP contribution in [-0.2, 0) is 0 Å². The van der Waals surface area contributed by atoms with Crippen molar-refractivity contribution in [1.82, 2.24) is 5.32 Å². The summed E-state index contributed by atoms with van der Waals surface area (Å²) in [5.41, 5.74) is 0. The molecule has 0 aromatic carbocycles. The van der Waals surface area contributed by atoms with Crippen LogP contribution in [0.25, 0.3) is 0 Å². The molecule has 70 valence electrons. The lowest BCUT2D eigenvalue weighted by Gasteiger charge is -2.15. The van der Waals surface area contributed by atoms with Crippen molar-refractivity contribution in [3.05, 3.63) is 0 Å². The Kier molecular flexibility index (Phi) is 3.34. The van der Waals surface area contributed by atoms with Crippen LogP contribution in [0.5, 0.6) is 0 Å². The molecule has 1 aliphatic rings. The molecule has 1 saturated carbocycles. The van der Waals surface area contributed by atoms with Crippen molar-refractivity contribution in [2.24, 2.45) is 0 Å².